The van der Waals surface area contributed by atoms with E-state index in [9.17, 15) is 4.79 Å². The van der Waals surface area contributed by atoms with Crippen LogP contribution in [0.15, 0.2) is 22.8 Å². The quantitative estimate of drug-likeness (QED) is 0.296. The molecule has 0 aliphatic heterocycles. The molecule has 0 aromatic heterocycles. The molecule has 3 fully saturated rings. The molecule has 0 N–H and O–H groups in total. The molecule has 4 aliphatic carbocycles. The standard InChI is InChI=1S/C31H50O2/c1-8-23(20(2)3)10-9-21(4)27-13-14-28-26-12-11-24-19-25(33-22(5)32)15-17-30(24,6)29(26)16-18-31(27,28)7/h11,21,25-29H,8-10,12-19H2,1-7H3/t21?,25-,26?,27+,28?,29?,30?,31?/m0/s1. The number of ether oxygens (including phenoxy) is 1. The van der Waals surface area contributed by atoms with Gasteiger partial charge in [-0.25, -0.2) is 0 Å². The summed E-state index contributed by atoms with van der Waals surface area (Å²) in [6, 6.07) is 0. The summed E-state index contributed by atoms with van der Waals surface area (Å²) in [6.07, 6.45) is 16.8. The number of hydrogen-bond acceptors (Lipinski definition) is 2. The van der Waals surface area contributed by atoms with Crippen molar-refractivity contribution in [2.24, 2.45) is 40.4 Å². The van der Waals surface area contributed by atoms with Crippen LogP contribution in [0.4, 0.5) is 0 Å². The van der Waals surface area contributed by atoms with Crippen LogP contribution in [-0.4, -0.2) is 12.1 Å². The van der Waals surface area contributed by atoms with Crippen molar-refractivity contribution in [3.8, 4) is 0 Å². The highest BCUT2D eigenvalue weighted by atomic mass is 16.5. The Morgan fingerprint density at radius 2 is 1.85 bits per heavy atom. The number of carbonyl (C=O) groups excluding carboxylic acids is 1. The third-order valence-corrected chi connectivity index (χ3v) is 11.2. The zero-order chi connectivity index (χ0) is 24.0. The van der Waals surface area contributed by atoms with Gasteiger partial charge in [0.25, 0.3) is 0 Å². The van der Waals surface area contributed by atoms with E-state index in [0.29, 0.717) is 10.8 Å². The Morgan fingerprint density at radius 1 is 1.09 bits per heavy atom. The van der Waals surface area contributed by atoms with E-state index in [1.807, 2.05) is 0 Å². The molecule has 3 saturated carbocycles. The lowest BCUT2D eigenvalue weighted by Crippen LogP contribution is -2.51. The number of carbonyl (C=O) groups is 1. The van der Waals surface area contributed by atoms with Gasteiger partial charge in [0, 0.05) is 13.3 Å². The Morgan fingerprint density at radius 3 is 2.52 bits per heavy atom. The second kappa shape index (κ2) is 9.54. The van der Waals surface area contributed by atoms with Gasteiger partial charge in [0.1, 0.15) is 6.10 Å². The van der Waals surface area contributed by atoms with Crippen molar-refractivity contribution in [2.75, 3.05) is 0 Å². The van der Waals surface area contributed by atoms with Gasteiger partial charge in [-0.1, -0.05) is 50.5 Å². The molecule has 6 unspecified atom stereocenters. The van der Waals surface area contributed by atoms with E-state index in [-0.39, 0.29) is 12.1 Å². The SMILES string of the molecule is CCC(CCC(C)[C@H]1CCC2C3CC=C4C[C@@H](OC(C)=O)CCC4(C)C3CCC21C)=C(C)C. The molecule has 33 heavy (non-hydrogen) atoms. The van der Waals surface area contributed by atoms with Crippen molar-refractivity contribution < 1.29 is 9.53 Å². The van der Waals surface area contributed by atoms with E-state index in [4.69, 9.17) is 4.74 Å². The minimum atomic E-state index is -0.118. The minimum absolute atomic E-state index is 0.109. The van der Waals surface area contributed by atoms with Gasteiger partial charge in [0.2, 0.25) is 0 Å². The van der Waals surface area contributed by atoms with E-state index in [1.54, 1.807) is 23.6 Å². The van der Waals surface area contributed by atoms with Gasteiger partial charge >= 0.3 is 5.97 Å². The fraction of sp³-hybridized carbons (Fsp3) is 0.839. The lowest BCUT2D eigenvalue weighted by Gasteiger charge is -2.58. The van der Waals surface area contributed by atoms with E-state index < -0.39 is 0 Å². The molecule has 8 atom stereocenters. The Kier molecular flexibility index (Phi) is 7.24. The van der Waals surface area contributed by atoms with E-state index in [0.717, 1.165) is 42.4 Å². The highest BCUT2D eigenvalue weighted by molar-refractivity contribution is 5.66. The van der Waals surface area contributed by atoms with Crippen LogP contribution in [0, 0.1) is 40.4 Å². The number of esters is 1. The van der Waals surface area contributed by atoms with E-state index >= 15 is 0 Å². The second-order valence-electron chi connectivity index (χ2n) is 12.9. The number of fused-ring (bicyclic) bond motifs is 5. The molecule has 0 spiro atoms. The number of allylic oxidation sites excluding steroid dienone is 3. The molecule has 2 heteroatoms. The Balaban J connectivity index is 1.47. The molecule has 0 amide bonds. The van der Waals surface area contributed by atoms with E-state index in [2.05, 4.69) is 47.6 Å². The molecule has 4 rings (SSSR count). The maximum atomic E-state index is 11.5. The first-order chi connectivity index (χ1) is 15.6. The fourth-order valence-electron chi connectivity index (χ4n) is 9.32. The third kappa shape index (κ3) is 4.50. The summed E-state index contributed by atoms with van der Waals surface area (Å²) in [6.45, 7) is 16.3. The van der Waals surface area contributed by atoms with Crippen molar-refractivity contribution in [2.45, 2.75) is 125 Å². The molecule has 186 valence electrons. The Bertz CT molecular complexity index is 802. The molecule has 4 aliphatic rings. The lowest BCUT2D eigenvalue weighted by molar-refractivity contribution is -0.148. The first-order valence-corrected chi connectivity index (χ1v) is 14.1. The van der Waals surface area contributed by atoms with Crippen LogP contribution in [0.5, 0.6) is 0 Å². The zero-order valence-electron chi connectivity index (χ0n) is 22.6. The minimum Gasteiger partial charge on any atom is -0.462 e. The van der Waals surface area contributed by atoms with Gasteiger partial charge in [0.05, 0.1) is 0 Å². The van der Waals surface area contributed by atoms with Crippen LogP contribution in [-0.2, 0) is 9.53 Å². The fourth-order valence-corrected chi connectivity index (χ4v) is 9.32. The lowest BCUT2D eigenvalue weighted by atomic mass is 9.47. The zero-order valence-corrected chi connectivity index (χ0v) is 22.6. The molecule has 0 heterocycles. The smallest absolute Gasteiger partial charge is 0.302 e. The van der Waals surface area contributed by atoms with Crippen LogP contribution >= 0.6 is 0 Å². The largest absolute Gasteiger partial charge is 0.462 e. The summed E-state index contributed by atoms with van der Waals surface area (Å²) in [5, 5.41) is 0. The van der Waals surface area contributed by atoms with Gasteiger partial charge in [-0.15, -0.1) is 0 Å². The summed E-state index contributed by atoms with van der Waals surface area (Å²) >= 11 is 0. The van der Waals surface area contributed by atoms with Crippen LogP contribution in [0.3, 0.4) is 0 Å². The van der Waals surface area contributed by atoms with Gasteiger partial charge in [0.15, 0.2) is 0 Å². The number of hydrogen-bond donors (Lipinski definition) is 0. The molecule has 0 radical (unpaired) electrons. The maximum absolute atomic E-state index is 11.5. The average Bonchev–Trinajstić information content (AvgIpc) is 3.11. The summed E-state index contributed by atoms with van der Waals surface area (Å²) < 4.78 is 5.63. The van der Waals surface area contributed by atoms with Crippen molar-refractivity contribution in [1.29, 1.82) is 0 Å². The van der Waals surface area contributed by atoms with E-state index in [1.165, 1.54) is 57.8 Å². The van der Waals surface area contributed by atoms with Crippen LogP contribution in [0.25, 0.3) is 0 Å². The topological polar surface area (TPSA) is 26.3 Å². The Labute approximate surface area is 204 Å². The molecule has 0 aromatic rings. The first-order valence-electron chi connectivity index (χ1n) is 14.1. The molecule has 2 nitrogen and oxygen atoms in total. The predicted molar refractivity (Wildman–Crippen MR) is 138 cm³/mol. The molecule has 0 bridgehead atoms. The van der Waals surface area contributed by atoms with Gasteiger partial charge in [-0.05, 0) is 118 Å². The van der Waals surface area contributed by atoms with Crippen molar-refractivity contribution in [1.82, 2.24) is 0 Å². The highest BCUT2D eigenvalue weighted by Crippen LogP contribution is 2.67. The van der Waals surface area contributed by atoms with Crippen LogP contribution in [0.1, 0.15) is 119 Å². The van der Waals surface area contributed by atoms with Crippen molar-refractivity contribution >= 4 is 5.97 Å². The average molecular weight is 455 g/mol. The highest BCUT2D eigenvalue weighted by Gasteiger charge is 2.59. The van der Waals surface area contributed by atoms with Crippen LogP contribution in [0.2, 0.25) is 0 Å². The first kappa shape index (κ1) is 25.1. The van der Waals surface area contributed by atoms with Crippen molar-refractivity contribution in [3.05, 3.63) is 22.8 Å². The normalized spacial score (nSPS) is 40.7. The third-order valence-electron chi connectivity index (χ3n) is 11.2. The predicted octanol–water partition coefficient (Wildman–Crippen LogP) is 8.66. The van der Waals surface area contributed by atoms with Gasteiger partial charge in [-0.3, -0.25) is 4.79 Å². The van der Waals surface area contributed by atoms with Crippen LogP contribution < -0.4 is 0 Å². The van der Waals surface area contributed by atoms with Crippen molar-refractivity contribution in [3.63, 3.8) is 0 Å². The summed E-state index contributed by atoms with van der Waals surface area (Å²) in [5.41, 5.74) is 5.72. The molecule has 0 aromatic carbocycles. The monoisotopic (exact) mass is 454 g/mol. The molecular weight excluding hydrogens is 404 g/mol. The maximum Gasteiger partial charge on any atom is 0.302 e. The molecular formula is C31H50O2. The summed E-state index contributed by atoms with van der Waals surface area (Å²) in [5.74, 6) is 4.22. The number of rotatable bonds is 6. The molecule has 0 saturated heterocycles. The van der Waals surface area contributed by atoms with Gasteiger partial charge < -0.3 is 4.74 Å². The van der Waals surface area contributed by atoms with Gasteiger partial charge in [-0.2, -0.15) is 0 Å². The summed E-state index contributed by atoms with van der Waals surface area (Å²) in [7, 11) is 0. The second-order valence-corrected chi connectivity index (χ2v) is 12.9. The Hall–Kier alpha value is -1.05. The summed E-state index contributed by atoms with van der Waals surface area (Å²) in [4.78, 5) is 11.5.